The van der Waals surface area contributed by atoms with Crippen LogP contribution in [0.15, 0.2) is 71.2 Å². The van der Waals surface area contributed by atoms with Crippen molar-refractivity contribution in [2.24, 2.45) is 0 Å². The molecule has 0 amide bonds. The maximum absolute atomic E-state index is 3.61. The highest BCUT2D eigenvalue weighted by molar-refractivity contribution is 9.10. The van der Waals surface area contributed by atoms with Gasteiger partial charge < -0.3 is 9.88 Å². The molecule has 0 aliphatic carbocycles. The van der Waals surface area contributed by atoms with E-state index in [0.717, 1.165) is 23.2 Å². The second-order valence-electron chi connectivity index (χ2n) is 5.94. The molecule has 1 heterocycles. The number of fused-ring (bicyclic) bond motifs is 3. The number of nitrogens with one attached hydrogen (secondary N) is 1. The molecule has 3 aromatic carbocycles. The number of aryl methyl sites for hydroxylation is 1. The van der Waals surface area contributed by atoms with Crippen LogP contribution < -0.4 is 5.32 Å². The van der Waals surface area contributed by atoms with E-state index >= 15 is 0 Å². The van der Waals surface area contributed by atoms with Crippen molar-refractivity contribution in [1.29, 1.82) is 0 Å². The number of hydrogen-bond donors (Lipinski definition) is 1. The van der Waals surface area contributed by atoms with Crippen molar-refractivity contribution in [1.82, 2.24) is 4.57 Å². The van der Waals surface area contributed by atoms with Gasteiger partial charge in [-0.25, -0.2) is 0 Å². The van der Waals surface area contributed by atoms with Gasteiger partial charge in [-0.1, -0.05) is 52.3 Å². The summed E-state index contributed by atoms with van der Waals surface area (Å²) in [7, 11) is 0. The summed E-state index contributed by atoms with van der Waals surface area (Å²) < 4.78 is 3.52. The van der Waals surface area contributed by atoms with E-state index in [9.17, 15) is 0 Å². The monoisotopic (exact) mass is 378 g/mol. The lowest BCUT2D eigenvalue weighted by molar-refractivity contribution is 0.827. The zero-order chi connectivity index (χ0) is 16.5. The predicted molar refractivity (Wildman–Crippen MR) is 107 cm³/mol. The molecule has 0 atom stereocenters. The minimum Gasteiger partial charge on any atom is -0.381 e. The molecule has 4 rings (SSSR count). The average molecular weight is 379 g/mol. The number of rotatable bonds is 4. The quantitative estimate of drug-likeness (QED) is 0.447. The molecule has 120 valence electrons. The fourth-order valence-electron chi connectivity index (χ4n) is 3.34. The lowest BCUT2D eigenvalue weighted by Gasteiger charge is -2.09. The Morgan fingerprint density at radius 2 is 1.62 bits per heavy atom. The fourth-order valence-corrected chi connectivity index (χ4v) is 3.77. The Morgan fingerprint density at radius 3 is 2.46 bits per heavy atom. The molecule has 0 saturated carbocycles. The number of halogens is 1. The maximum Gasteiger partial charge on any atom is 0.0492 e. The molecule has 2 nitrogen and oxygen atoms in total. The molecule has 24 heavy (non-hydrogen) atoms. The fraction of sp³-hybridized carbons (Fsp3) is 0.143. The van der Waals surface area contributed by atoms with Crippen LogP contribution in [-0.2, 0) is 13.1 Å². The van der Waals surface area contributed by atoms with Gasteiger partial charge in [0.25, 0.3) is 0 Å². The molecule has 0 aliphatic heterocycles. The highest BCUT2D eigenvalue weighted by Crippen LogP contribution is 2.31. The minimum absolute atomic E-state index is 0.805. The summed E-state index contributed by atoms with van der Waals surface area (Å²) in [6.45, 7) is 3.98. The number of benzene rings is 3. The zero-order valence-corrected chi connectivity index (χ0v) is 15.2. The number of anilines is 1. The average Bonchev–Trinajstić information content (AvgIpc) is 2.94. The first kappa shape index (κ1) is 15.3. The van der Waals surface area contributed by atoms with E-state index in [4.69, 9.17) is 0 Å². The van der Waals surface area contributed by atoms with Crippen molar-refractivity contribution in [3.05, 3.63) is 76.8 Å². The van der Waals surface area contributed by atoms with Crippen LogP contribution in [0.3, 0.4) is 0 Å². The standard InChI is InChI=1S/C21H19BrN2/c1-2-24-20-10-6-4-8-17(20)18-13-16(11-12-21(18)24)23-14-15-7-3-5-9-19(15)22/h3-13,23H,2,14H2,1H3. The molecular formula is C21H19BrN2. The Labute approximate surface area is 150 Å². The van der Waals surface area contributed by atoms with Crippen LogP contribution in [0.25, 0.3) is 21.8 Å². The van der Waals surface area contributed by atoms with Crippen LogP contribution in [-0.4, -0.2) is 4.57 Å². The van der Waals surface area contributed by atoms with Crippen LogP contribution in [0, 0.1) is 0 Å². The largest absolute Gasteiger partial charge is 0.381 e. The van der Waals surface area contributed by atoms with Crippen LogP contribution >= 0.6 is 15.9 Å². The number of aromatic nitrogens is 1. The number of para-hydroxylation sites is 1. The van der Waals surface area contributed by atoms with E-state index in [0.29, 0.717) is 0 Å². The van der Waals surface area contributed by atoms with E-state index in [2.05, 4.69) is 93.4 Å². The van der Waals surface area contributed by atoms with Crippen LogP contribution in [0.2, 0.25) is 0 Å². The first-order valence-electron chi connectivity index (χ1n) is 8.26. The summed E-state index contributed by atoms with van der Waals surface area (Å²) in [6.07, 6.45) is 0. The topological polar surface area (TPSA) is 17.0 Å². The molecular weight excluding hydrogens is 360 g/mol. The summed E-state index contributed by atoms with van der Waals surface area (Å²) in [6, 6.07) is 23.6. The van der Waals surface area contributed by atoms with Gasteiger partial charge in [0.2, 0.25) is 0 Å². The van der Waals surface area contributed by atoms with E-state index < -0.39 is 0 Å². The molecule has 0 unspecified atom stereocenters. The molecule has 1 aromatic heterocycles. The molecule has 0 aliphatic rings. The molecule has 0 fully saturated rings. The smallest absolute Gasteiger partial charge is 0.0492 e. The second kappa shape index (κ2) is 6.33. The Morgan fingerprint density at radius 1 is 0.875 bits per heavy atom. The molecule has 0 bridgehead atoms. The first-order valence-corrected chi connectivity index (χ1v) is 9.05. The lowest BCUT2D eigenvalue weighted by Crippen LogP contribution is -2.00. The Hall–Kier alpha value is -2.26. The van der Waals surface area contributed by atoms with Gasteiger partial charge in [0, 0.05) is 45.1 Å². The number of nitrogens with zero attached hydrogens (tertiary/aromatic N) is 1. The zero-order valence-electron chi connectivity index (χ0n) is 13.6. The summed E-state index contributed by atoms with van der Waals surface area (Å²) >= 11 is 3.61. The first-order chi connectivity index (χ1) is 11.8. The van der Waals surface area contributed by atoms with Gasteiger partial charge in [0.1, 0.15) is 0 Å². The third-order valence-corrected chi connectivity index (χ3v) is 5.30. The van der Waals surface area contributed by atoms with E-state index in [1.54, 1.807) is 0 Å². The van der Waals surface area contributed by atoms with Gasteiger partial charge >= 0.3 is 0 Å². The summed E-state index contributed by atoms with van der Waals surface area (Å²) in [5, 5.41) is 6.17. The molecule has 1 N–H and O–H groups in total. The second-order valence-corrected chi connectivity index (χ2v) is 6.79. The minimum atomic E-state index is 0.805. The third kappa shape index (κ3) is 2.59. The van der Waals surface area contributed by atoms with Crippen LogP contribution in [0.4, 0.5) is 5.69 Å². The van der Waals surface area contributed by atoms with Crippen molar-refractivity contribution in [2.45, 2.75) is 20.0 Å². The van der Waals surface area contributed by atoms with Gasteiger partial charge in [-0.05, 0) is 42.8 Å². The Bertz CT molecular complexity index is 1020. The van der Waals surface area contributed by atoms with Crippen molar-refractivity contribution in [3.8, 4) is 0 Å². The molecule has 4 aromatic rings. The van der Waals surface area contributed by atoms with Gasteiger partial charge in [0.15, 0.2) is 0 Å². The SMILES string of the molecule is CCn1c2ccccc2c2cc(NCc3ccccc3Br)ccc21. The summed E-state index contributed by atoms with van der Waals surface area (Å²) in [4.78, 5) is 0. The normalized spacial score (nSPS) is 11.2. The molecule has 0 radical (unpaired) electrons. The molecule has 0 saturated heterocycles. The predicted octanol–water partition coefficient (Wildman–Crippen LogP) is 6.19. The van der Waals surface area contributed by atoms with Crippen LogP contribution in [0.5, 0.6) is 0 Å². The molecule has 3 heteroatoms. The Kier molecular flexibility index (Phi) is 4.03. The van der Waals surface area contributed by atoms with E-state index in [1.165, 1.54) is 27.4 Å². The third-order valence-electron chi connectivity index (χ3n) is 4.53. The van der Waals surface area contributed by atoms with Gasteiger partial charge in [0.05, 0.1) is 0 Å². The Balaban J connectivity index is 1.73. The van der Waals surface area contributed by atoms with Crippen molar-refractivity contribution in [3.63, 3.8) is 0 Å². The van der Waals surface area contributed by atoms with Gasteiger partial charge in [-0.2, -0.15) is 0 Å². The van der Waals surface area contributed by atoms with Crippen molar-refractivity contribution < 1.29 is 0 Å². The van der Waals surface area contributed by atoms with Gasteiger partial charge in [-0.15, -0.1) is 0 Å². The van der Waals surface area contributed by atoms with Crippen molar-refractivity contribution >= 4 is 43.4 Å². The maximum atomic E-state index is 3.61. The lowest BCUT2D eigenvalue weighted by atomic mass is 10.1. The highest BCUT2D eigenvalue weighted by atomic mass is 79.9. The van der Waals surface area contributed by atoms with E-state index in [-0.39, 0.29) is 0 Å². The van der Waals surface area contributed by atoms with E-state index in [1.807, 2.05) is 6.07 Å². The number of hydrogen-bond acceptors (Lipinski definition) is 1. The summed E-state index contributed by atoms with van der Waals surface area (Å²) in [5.74, 6) is 0. The van der Waals surface area contributed by atoms with Gasteiger partial charge in [-0.3, -0.25) is 0 Å². The van der Waals surface area contributed by atoms with Crippen LogP contribution in [0.1, 0.15) is 12.5 Å². The van der Waals surface area contributed by atoms with Crippen molar-refractivity contribution in [2.75, 3.05) is 5.32 Å². The summed E-state index contributed by atoms with van der Waals surface area (Å²) in [5.41, 5.74) is 5.01. The highest BCUT2D eigenvalue weighted by Gasteiger charge is 2.09. The molecule has 0 spiro atoms.